The van der Waals surface area contributed by atoms with Crippen molar-refractivity contribution in [1.82, 2.24) is 10.1 Å². The summed E-state index contributed by atoms with van der Waals surface area (Å²) in [6, 6.07) is 10.1. The van der Waals surface area contributed by atoms with Gasteiger partial charge >= 0.3 is 0 Å². The Balaban J connectivity index is 1.75. The molecule has 0 saturated carbocycles. The summed E-state index contributed by atoms with van der Waals surface area (Å²) in [4.78, 5) is 28.7. The number of aryl methyl sites for hydroxylation is 1. The van der Waals surface area contributed by atoms with Crippen LogP contribution in [0, 0.1) is 6.92 Å². The molecule has 0 spiro atoms. The largest absolute Gasteiger partial charge is 0.495 e. The summed E-state index contributed by atoms with van der Waals surface area (Å²) in [5.74, 6) is 0.538. The average molecular weight is 352 g/mol. The van der Waals surface area contributed by atoms with Gasteiger partial charge in [0.05, 0.1) is 23.9 Å². The van der Waals surface area contributed by atoms with Gasteiger partial charge in [-0.15, -0.1) is 0 Å². The van der Waals surface area contributed by atoms with E-state index < -0.39 is 11.8 Å². The number of carbonyl (C=O) groups excluding carboxylic acids is 2. The number of ether oxygens (including phenoxy) is 1. The highest BCUT2D eigenvalue weighted by Gasteiger charge is 2.14. The number of nitrogens with one attached hydrogen (secondary N) is 2. The molecule has 0 saturated heterocycles. The zero-order valence-electron chi connectivity index (χ0n) is 14.1. The highest BCUT2D eigenvalue weighted by Crippen LogP contribution is 2.23. The molecule has 26 heavy (non-hydrogen) atoms. The van der Waals surface area contributed by atoms with Crippen LogP contribution in [0.4, 0.5) is 11.5 Å². The number of aromatic nitrogens is 2. The number of benzene rings is 1. The SMILES string of the molecule is COc1ccccc1NC(=O)c1cncc(C(=O)Nc2cc(C)on2)c1. The van der Waals surface area contributed by atoms with Crippen LogP contribution in [0.25, 0.3) is 0 Å². The summed E-state index contributed by atoms with van der Waals surface area (Å²) in [6.07, 6.45) is 2.74. The van der Waals surface area contributed by atoms with Gasteiger partial charge in [0.25, 0.3) is 11.8 Å². The molecule has 0 aliphatic heterocycles. The second-order valence-corrected chi connectivity index (χ2v) is 5.39. The van der Waals surface area contributed by atoms with Crippen molar-refractivity contribution in [3.63, 3.8) is 0 Å². The number of amides is 2. The monoisotopic (exact) mass is 352 g/mol. The van der Waals surface area contributed by atoms with Crippen LogP contribution in [0.15, 0.2) is 53.3 Å². The molecule has 0 atom stereocenters. The van der Waals surface area contributed by atoms with Crippen molar-refractivity contribution in [2.75, 3.05) is 17.7 Å². The van der Waals surface area contributed by atoms with Gasteiger partial charge in [0.15, 0.2) is 5.82 Å². The molecule has 8 heteroatoms. The number of para-hydroxylation sites is 2. The Hall–Kier alpha value is -3.68. The molecule has 0 aliphatic rings. The van der Waals surface area contributed by atoms with Gasteiger partial charge in [0.1, 0.15) is 11.5 Å². The lowest BCUT2D eigenvalue weighted by Crippen LogP contribution is -2.16. The molecule has 8 nitrogen and oxygen atoms in total. The van der Waals surface area contributed by atoms with Crippen LogP contribution in [0.2, 0.25) is 0 Å². The predicted octanol–water partition coefficient (Wildman–Crippen LogP) is 2.89. The minimum absolute atomic E-state index is 0.221. The molecule has 0 radical (unpaired) electrons. The van der Waals surface area contributed by atoms with Crippen LogP contribution in [0.3, 0.4) is 0 Å². The second-order valence-electron chi connectivity index (χ2n) is 5.39. The molecule has 0 fully saturated rings. The number of nitrogens with zero attached hydrogens (tertiary/aromatic N) is 2. The van der Waals surface area contributed by atoms with Gasteiger partial charge < -0.3 is 19.9 Å². The van der Waals surface area contributed by atoms with Crippen molar-refractivity contribution in [3.8, 4) is 5.75 Å². The van der Waals surface area contributed by atoms with Gasteiger partial charge in [0, 0.05) is 18.5 Å². The van der Waals surface area contributed by atoms with E-state index in [1.807, 2.05) is 0 Å². The van der Waals surface area contributed by atoms with E-state index in [9.17, 15) is 9.59 Å². The van der Waals surface area contributed by atoms with Crippen molar-refractivity contribution in [2.24, 2.45) is 0 Å². The van der Waals surface area contributed by atoms with E-state index in [2.05, 4.69) is 20.8 Å². The molecule has 2 amide bonds. The molecular weight excluding hydrogens is 336 g/mol. The van der Waals surface area contributed by atoms with Crippen LogP contribution in [0.5, 0.6) is 5.75 Å². The Morgan fingerprint density at radius 3 is 2.38 bits per heavy atom. The third-order valence-electron chi connectivity index (χ3n) is 3.49. The Morgan fingerprint density at radius 1 is 1.04 bits per heavy atom. The zero-order valence-corrected chi connectivity index (χ0v) is 14.1. The maximum atomic E-state index is 12.5. The molecule has 2 N–H and O–H groups in total. The summed E-state index contributed by atoms with van der Waals surface area (Å²) >= 11 is 0. The van der Waals surface area contributed by atoms with Gasteiger partial charge in [-0.3, -0.25) is 14.6 Å². The number of rotatable bonds is 5. The standard InChI is InChI=1S/C18H16N4O4/c1-11-7-16(22-26-11)21-18(24)13-8-12(9-19-10-13)17(23)20-14-5-3-4-6-15(14)25-2/h3-10H,1-2H3,(H,20,23)(H,21,22,24). The number of hydrogen-bond acceptors (Lipinski definition) is 6. The zero-order chi connectivity index (χ0) is 18.5. The Morgan fingerprint density at radius 2 is 1.73 bits per heavy atom. The highest BCUT2D eigenvalue weighted by atomic mass is 16.5. The quantitative estimate of drug-likeness (QED) is 0.731. The first-order valence-corrected chi connectivity index (χ1v) is 7.71. The molecule has 3 rings (SSSR count). The summed E-state index contributed by atoms with van der Waals surface area (Å²) in [6.45, 7) is 1.72. The maximum absolute atomic E-state index is 12.5. The van der Waals surface area contributed by atoms with E-state index in [0.717, 1.165) is 0 Å². The molecule has 0 unspecified atom stereocenters. The molecule has 132 valence electrons. The van der Waals surface area contributed by atoms with Gasteiger partial charge in [-0.1, -0.05) is 17.3 Å². The molecular formula is C18H16N4O4. The minimum Gasteiger partial charge on any atom is -0.495 e. The molecule has 1 aromatic carbocycles. The number of methoxy groups -OCH3 is 1. The van der Waals surface area contributed by atoms with Crippen molar-refractivity contribution in [3.05, 3.63) is 65.7 Å². The third kappa shape index (κ3) is 3.86. The van der Waals surface area contributed by atoms with Crippen molar-refractivity contribution in [2.45, 2.75) is 6.92 Å². The van der Waals surface area contributed by atoms with Gasteiger partial charge in [-0.2, -0.15) is 0 Å². The topological polar surface area (TPSA) is 106 Å². The minimum atomic E-state index is -0.447. The summed E-state index contributed by atoms with van der Waals surface area (Å²) in [7, 11) is 1.52. The maximum Gasteiger partial charge on any atom is 0.258 e. The number of hydrogen-bond donors (Lipinski definition) is 2. The van der Waals surface area contributed by atoms with E-state index in [4.69, 9.17) is 9.26 Å². The van der Waals surface area contributed by atoms with E-state index in [1.54, 1.807) is 37.3 Å². The molecule has 2 aromatic heterocycles. The van der Waals surface area contributed by atoms with Crippen LogP contribution < -0.4 is 15.4 Å². The lowest BCUT2D eigenvalue weighted by atomic mass is 10.1. The fourth-order valence-corrected chi connectivity index (χ4v) is 2.24. The van der Waals surface area contributed by atoms with Gasteiger partial charge in [0.2, 0.25) is 0 Å². The smallest absolute Gasteiger partial charge is 0.258 e. The molecule has 2 heterocycles. The Labute approximate surface area is 149 Å². The predicted molar refractivity (Wildman–Crippen MR) is 94.4 cm³/mol. The van der Waals surface area contributed by atoms with Crippen LogP contribution >= 0.6 is 0 Å². The van der Waals surface area contributed by atoms with Crippen LogP contribution in [-0.4, -0.2) is 29.1 Å². The van der Waals surface area contributed by atoms with E-state index in [1.165, 1.54) is 25.6 Å². The lowest BCUT2D eigenvalue weighted by Gasteiger charge is -2.10. The molecule has 3 aromatic rings. The first-order chi connectivity index (χ1) is 12.6. The van der Waals surface area contributed by atoms with E-state index in [-0.39, 0.29) is 16.9 Å². The second kappa shape index (κ2) is 7.47. The Bertz CT molecular complexity index is 952. The first kappa shape index (κ1) is 17.2. The number of pyridine rings is 1. The fourth-order valence-electron chi connectivity index (χ4n) is 2.24. The first-order valence-electron chi connectivity index (χ1n) is 7.71. The molecule has 0 aliphatic carbocycles. The van der Waals surface area contributed by atoms with Gasteiger partial charge in [-0.05, 0) is 25.1 Å². The van der Waals surface area contributed by atoms with Crippen molar-refractivity contribution in [1.29, 1.82) is 0 Å². The lowest BCUT2D eigenvalue weighted by molar-refractivity contribution is 0.102. The fraction of sp³-hybridized carbons (Fsp3) is 0.111. The molecule has 0 bridgehead atoms. The van der Waals surface area contributed by atoms with Gasteiger partial charge in [-0.25, -0.2) is 0 Å². The third-order valence-corrected chi connectivity index (χ3v) is 3.49. The summed E-state index contributed by atoms with van der Waals surface area (Å²) in [5.41, 5.74) is 0.978. The average Bonchev–Trinajstić information content (AvgIpc) is 3.07. The Kier molecular flexibility index (Phi) is 4.93. The number of anilines is 2. The summed E-state index contributed by atoms with van der Waals surface area (Å²) < 4.78 is 10.1. The van der Waals surface area contributed by atoms with Crippen LogP contribution in [-0.2, 0) is 0 Å². The normalized spacial score (nSPS) is 10.2. The number of carbonyl (C=O) groups is 2. The van der Waals surface area contributed by atoms with E-state index >= 15 is 0 Å². The summed E-state index contributed by atoms with van der Waals surface area (Å²) in [5, 5.41) is 9.00. The highest BCUT2D eigenvalue weighted by molar-refractivity contribution is 6.08. The van der Waals surface area contributed by atoms with E-state index in [0.29, 0.717) is 17.2 Å². The van der Waals surface area contributed by atoms with Crippen LogP contribution in [0.1, 0.15) is 26.5 Å². The van der Waals surface area contributed by atoms with Crippen molar-refractivity contribution < 1.29 is 18.8 Å². The van der Waals surface area contributed by atoms with Crippen molar-refractivity contribution >= 4 is 23.3 Å².